The van der Waals surface area contributed by atoms with Gasteiger partial charge in [-0.15, -0.1) is 0 Å². The van der Waals surface area contributed by atoms with E-state index in [0.29, 0.717) is 22.0 Å². The molecule has 2 aromatic heterocycles. The maximum Gasteiger partial charge on any atom is 0.173 e. The zero-order valence-electron chi connectivity index (χ0n) is 11.2. The molecule has 0 aliphatic carbocycles. The Hall–Kier alpha value is -2.58. The minimum Gasteiger partial charge on any atom is -0.484 e. The molecule has 0 aliphatic rings. The van der Waals surface area contributed by atoms with E-state index in [2.05, 4.69) is 16.2 Å². The van der Waals surface area contributed by atoms with Crippen LogP contribution in [-0.2, 0) is 0 Å². The molecule has 0 fully saturated rings. The number of rotatable bonds is 3. The third-order valence-corrected chi connectivity index (χ3v) is 3.35. The first kappa shape index (κ1) is 13.4. The van der Waals surface area contributed by atoms with Crippen LogP contribution in [0.4, 0.5) is 0 Å². The topological polar surface area (TPSA) is 63.2 Å². The summed E-state index contributed by atoms with van der Waals surface area (Å²) in [6.45, 7) is 1.91. The molecule has 0 saturated carbocycles. The molecule has 21 heavy (non-hydrogen) atoms. The number of nitriles is 1. The van der Waals surface area contributed by atoms with Gasteiger partial charge in [0.1, 0.15) is 23.5 Å². The van der Waals surface area contributed by atoms with E-state index in [-0.39, 0.29) is 6.10 Å². The minimum atomic E-state index is -0.247. The molecule has 1 aromatic carbocycles. The Balaban J connectivity index is 1.94. The van der Waals surface area contributed by atoms with Gasteiger partial charge in [-0.2, -0.15) is 10.4 Å². The SMILES string of the molecule is C[C@@H](Oc1ccc(Cl)cc1)c1ccnc2c(C#N)cnn12. The number of hydrogen-bond acceptors (Lipinski definition) is 4. The molecule has 0 radical (unpaired) electrons. The number of aromatic nitrogens is 3. The zero-order valence-corrected chi connectivity index (χ0v) is 11.9. The monoisotopic (exact) mass is 298 g/mol. The van der Waals surface area contributed by atoms with Crippen molar-refractivity contribution in [1.29, 1.82) is 5.26 Å². The summed E-state index contributed by atoms with van der Waals surface area (Å²) in [6, 6.07) is 11.0. The van der Waals surface area contributed by atoms with Crippen molar-refractivity contribution >= 4 is 17.2 Å². The first-order chi connectivity index (χ1) is 10.2. The van der Waals surface area contributed by atoms with Gasteiger partial charge in [0.25, 0.3) is 0 Å². The van der Waals surface area contributed by atoms with Crippen molar-refractivity contribution in [2.24, 2.45) is 0 Å². The van der Waals surface area contributed by atoms with E-state index in [1.807, 2.05) is 13.0 Å². The highest BCUT2D eigenvalue weighted by atomic mass is 35.5. The zero-order chi connectivity index (χ0) is 14.8. The number of benzene rings is 1. The minimum absolute atomic E-state index is 0.247. The molecule has 6 heteroatoms. The van der Waals surface area contributed by atoms with E-state index in [0.717, 1.165) is 5.69 Å². The molecule has 0 saturated heterocycles. The second kappa shape index (κ2) is 5.43. The van der Waals surface area contributed by atoms with E-state index in [4.69, 9.17) is 21.6 Å². The average molecular weight is 299 g/mol. The van der Waals surface area contributed by atoms with Crippen molar-refractivity contribution in [3.05, 3.63) is 59.0 Å². The van der Waals surface area contributed by atoms with Gasteiger partial charge in [-0.05, 0) is 37.3 Å². The lowest BCUT2D eigenvalue weighted by molar-refractivity contribution is 0.219. The molecule has 104 valence electrons. The summed E-state index contributed by atoms with van der Waals surface area (Å²) in [6.07, 6.45) is 2.90. The Kier molecular flexibility index (Phi) is 3.46. The van der Waals surface area contributed by atoms with Gasteiger partial charge in [0.2, 0.25) is 0 Å². The molecule has 0 bridgehead atoms. The van der Waals surface area contributed by atoms with Crippen LogP contribution in [0.25, 0.3) is 5.65 Å². The number of ether oxygens (including phenoxy) is 1. The molecule has 3 rings (SSSR count). The lowest BCUT2D eigenvalue weighted by atomic mass is 10.2. The van der Waals surface area contributed by atoms with Crippen LogP contribution in [0.15, 0.2) is 42.7 Å². The molecular formula is C15H11ClN4O. The second-order valence-electron chi connectivity index (χ2n) is 4.49. The van der Waals surface area contributed by atoms with Crippen LogP contribution >= 0.6 is 11.6 Å². The van der Waals surface area contributed by atoms with Crippen LogP contribution in [0.5, 0.6) is 5.75 Å². The third kappa shape index (κ3) is 2.54. The van der Waals surface area contributed by atoms with Gasteiger partial charge < -0.3 is 4.74 Å². The summed E-state index contributed by atoms with van der Waals surface area (Å²) in [5, 5.41) is 13.9. The fraction of sp³-hybridized carbons (Fsp3) is 0.133. The number of fused-ring (bicyclic) bond motifs is 1. The van der Waals surface area contributed by atoms with Gasteiger partial charge in [-0.3, -0.25) is 0 Å². The first-order valence-corrected chi connectivity index (χ1v) is 6.72. The Labute approximate surface area is 126 Å². The molecule has 0 unspecified atom stereocenters. The first-order valence-electron chi connectivity index (χ1n) is 6.34. The maximum absolute atomic E-state index is 9.03. The third-order valence-electron chi connectivity index (χ3n) is 3.09. The summed E-state index contributed by atoms with van der Waals surface area (Å²) in [5.74, 6) is 0.713. The predicted octanol–water partition coefficient (Wildman–Crippen LogP) is 3.39. The lowest BCUT2D eigenvalue weighted by Gasteiger charge is -2.15. The summed E-state index contributed by atoms with van der Waals surface area (Å²) >= 11 is 5.85. The molecule has 5 nitrogen and oxygen atoms in total. The fourth-order valence-electron chi connectivity index (χ4n) is 2.07. The van der Waals surface area contributed by atoms with Gasteiger partial charge in [0, 0.05) is 11.2 Å². The average Bonchev–Trinajstić information content (AvgIpc) is 2.92. The number of nitrogens with zero attached hydrogens (tertiary/aromatic N) is 4. The van der Waals surface area contributed by atoms with Gasteiger partial charge >= 0.3 is 0 Å². The molecule has 0 aliphatic heterocycles. The van der Waals surface area contributed by atoms with E-state index in [1.165, 1.54) is 6.20 Å². The van der Waals surface area contributed by atoms with Crippen LogP contribution in [0.3, 0.4) is 0 Å². The fourth-order valence-corrected chi connectivity index (χ4v) is 2.20. The van der Waals surface area contributed by atoms with Crippen LogP contribution in [0, 0.1) is 11.3 Å². The normalized spacial score (nSPS) is 12.0. The van der Waals surface area contributed by atoms with Crippen molar-refractivity contribution < 1.29 is 4.74 Å². The summed E-state index contributed by atoms with van der Waals surface area (Å²) in [5.41, 5.74) is 1.79. The van der Waals surface area contributed by atoms with Crippen molar-refractivity contribution in [1.82, 2.24) is 14.6 Å². The highest BCUT2D eigenvalue weighted by Crippen LogP contribution is 2.23. The van der Waals surface area contributed by atoms with E-state index in [1.54, 1.807) is 35.0 Å². The van der Waals surface area contributed by atoms with Gasteiger partial charge in [-0.1, -0.05) is 11.6 Å². The highest BCUT2D eigenvalue weighted by Gasteiger charge is 2.14. The van der Waals surface area contributed by atoms with E-state index < -0.39 is 0 Å². The Morgan fingerprint density at radius 2 is 2.05 bits per heavy atom. The summed E-state index contributed by atoms with van der Waals surface area (Å²) < 4.78 is 7.50. The standard InChI is InChI=1S/C15H11ClN4O/c1-10(21-13-4-2-12(16)3-5-13)14-6-7-18-15-11(8-17)9-19-20(14)15/h2-7,9-10H,1H3/t10-/m1/s1. The predicted molar refractivity (Wildman–Crippen MR) is 78.2 cm³/mol. The van der Waals surface area contributed by atoms with Crippen LogP contribution < -0.4 is 4.74 Å². The Morgan fingerprint density at radius 3 is 2.76 bits per heavy atom. The molecule has 1 atom stereocenters. The highest BCUT2D eigenvalue weighted by molar-refractivity contribution is 6.30. The Bertz CT molecular complexity index is 820. The van der Waals surface area contributed by atoms with Gasteiger partial charge in [0.05, 0.1) is 11.9 Å². The lowest BCUT2D eigenvalue weighted by Crippen LogP contribution is -2.09. The molecule has 0 amide bonds. The quantitative estimate of drug-likeness (QED) is 0.743. The Morgan fingerprint density at radius 1 is 1.29 bits per heavy atom. The van der Waals surface area contributed by atoms with Crippen LogP contribution in [0.1, 0.15) is 24.3 Å². The molecule has 0 N–H and O–H groups in total. The molecule has 0 spiro atoms. The maximum atomic E-state index is 9.03. The van der Waals surface area contributed by atoms with Crippen molar-refractivity contribution in [2.45, 2.75) is 13.0 Å². The molecule has 2 heterocycles. The number of halogens is 1. The summed E-state index contributed by atoms with van der Waals surface area (Å²) in [7, 11) is 0. The summed E-state index contributed by atoms with van der Waals surface area (Å²) in [4.78, 5) is 4.18. The molecule has 3 aromatic rings. The number of hydrogen-bond donors (Lipinski definition) is 0. The van der Waals surface area contributed by atoms with Gasteiger partial charge in [0.15, 0.2) is 5.65 Å². The van der Waals surface area contributed by atoms with Crippen molar-refractivity contribution in [2.75, 3.05) is 0 Å². The van der Waals surface area contributed by atoms with E-state index >= 15 is 0 Å². The van der Waals surface area contributed by atoms with Crippen LogP contribution in [0.2, 0.25) is 5.02 Å². The van der Waals surface area contributed by atoms with Crippen molar-refractivity contribution in [3.63, 3.8) is 0 Å². The van der Waals surface area contributed by atoms with Crippen molar-refractivity contribution in [3.8, 4) is 11.8 Å². The largest absolute Gasteiger partial charge is 0.484 e. The smallest absolute Gasteiger partial charge is 0.173 e. The molecular weight excluding hydrogens is 288 g/mol. The second-order valence-corrected chi connectivity index (χ2v) is 4.93. The van der Waals surface area contributed by atoms with E-state index in [9.17, 15) is 0 Å². The van der Waals surface area contributed by atoms with Crippen LogP contribution in [-0.4, -0.2) is 14.6 Å². The van der Waals surface area contributed by atoms with Gasteiger partial charge in [-0.25, -0.2) is 9.50 Å².